The van der Waals surface area contributed by atoms with Crippen molar-refractivity contribution < 1.29 is 0 Å². The van der Waals surface area contributed by atoms with Crippen LogP contribution >= 0.6 is 43.8 Å². The Kier molecular flexibility index (Phi) is 2.72. The molecule has 0 aliphatic rings. The van der Waals surface area contributed by atoms with E-state index in [9.17, 15) is 0 Å². The smallest absolute Gasteiger partial charge is 0.211 e. The normalized spacial score (nSPS) is 12.4. The van der Waals surface area contributed by atoms with Gasteiger partial charge in [0.25, 0.3) is 0 Å². The minimum atomic E-state index is 0.453. The molecule has 2 aromatic heterocycles. The van der Waals surface area contributed by atoms with Crippen molar-refractivity contribution in [3.8, 4) is 0 Å². The highest BCUT2D eigenvalue weighted by molar-refractivity contribution is 7.66. The molecular formula is C9H4ClN3S3. The third-order valence-corrected chi connectivity index (χ3v) is 4.99. The predicted molar refractivity (Wildman–Crippen MR) is 69.8 cm³/mol. The van der Waals surface area contributed by atoms with Crippen LogP contribution in [0.3, 0.4) is 0 Å². The molecule has 0 aliphatic carbocycles. The molecule has 3 rings (SSSR count). The number of hydrogen-bond donors (Lipinski definition) is 0. The summed E-state index contributed by atoms with van der Waals surface area (Å²) < 4.78 is 5.83. The van der Waals surface area contributed by atoms with E-state index in [1.54, 1.807) is 11.3 Å². The van der Waals surface area contributed by atoms with Gasteiger partial charge in [0.2, 0.25) is 5.13 Å². The Balaban J connectivity index is 2.18. The van der Waals surface area contributed by atoms with Gasteiger partial charge < -0.3 is 0 Å². The first kappa shape index (κ1) is 10.3. The summed E-state index contributed by atoms with van der Waals surface area (Å²) in [7, 11) is 2.79. The summed E-state index contributed by atoms with van der Waals surface area (Å²) in [5.41, 5.74) is 0.968. The first-order chi connectivity index (χ1) is 7.83. The Labute approximate surface area is 107 Å². The topological polar surface area (TPSA) is 38.1 Å². The van der Waals surface area contributed by atoms with Crippen LogP contribution in [0.2, 0.25) is 5.15 Å². The first-order valence-corrected chi connectivity index (χ1v) is 7.65. The quantitative estimate of drug-likeness (QED) is 0.640. The van der Waals surface area contributed by atoms with E-state index in [2.05, 4.69) is 14.3 Å². The molecule has 0 unspecified atom stereocenters. The average Bonchev–Trinajstić information content (AvgIpc) is 2.85. The van der Waals surface area contributed by atoms with Gasteiger partial charge in [-0.1, -0.05) is 35.1 Å². The summed E-state index contributed by atoms with van der Waals surface area (Å²) in [5.74, 6) is 0. The molecule has 0 saturated carbocycles. The zero-order valence-corrected chi connectivity index (χ0v) is 11.0. The van der Waals surface area contributed by atoms with Crippen LogP contribution in [0.1, 0.15) is 0 Å². The lowest BCUT2D eigenvalue weighted by atomic mass is 10.3. The average molecular weight is 286 g/mol. The number of thiazole rings is 1. The third kappa shape index (κ3) is 1.89. The Morgan fingerprint density at radius 3 is 2.88 bits per heavy atom. The van der Waals surface area contributed by atoms with Gasteiger partial charge in [0, 0.05) is 10.5 Å². The van der Waals surface area contributed by atoms with Gasteiger partial charge in [-0.15, -0.1) is 0 Å². The Hall–Kier alpha value is -0.820. The first-order valence-electron chi connectivity index (χ1n) is 4.35. The SMILES string of the molecule is Clc1nss/c1=N\c1nc2ccccc2s1. The highest BCUT2D eigenvalue weighted by atomic mass is 35.5. The molecule has 0 bridgehead atoms. The van der Waals surface area contributed by atoms with Gasteiger partial charge >= 0.3 is 0 Å². The summed E-state index contributed by atoms with van der Waals surface area (Å²) in [4.78, 5) is 8.79. The molecule has 1 aromatic carbocycles. The third-order valence-electron chi connectivity index (χ3n) is 1.89. The number of halogens is 1. The predicted octanol–water partition coefficient (Wildman–Crippen LogP) is 3.70. The summed E-state index contributed by atoms with van der Waals surface area (Å²) in [6.07, 6.45) is 0. The Morgan fingerprint density at radius 1 is 1.25 bits per heavy atom. The van der Waals surface area contributed by atoms with Crippen molar-refractivity contribution in [1.82, 2.24) is 9.36 Å². The molecule has 0 aliphatic heterocycles. The molecule has 7 heteroatoms. The second-order valence-electron chi connectivity index (χ2n) is 2.92. The van der Waals surface area contributed by atoms with Crippen molar-refractivity contribution in [2.75, 3.05) is 0 Å². The van der Waals surface area contributed by atoms with E-state index in [1.165, 1.54) is 20.9 Å². The van der Waals surface area contributed by atoms with Crippen LogP contribution in [0.25, 0.3) is 10.2 Å². The number of para-hydroxylation sites is 1. The Bertz CT molecular complexity index is 664. The van der Waals surface area contributed by atoms with Crippen LogP contribution in [-0.4, -0.2) is 9.36 Å². The lowest BCUT2D eigenvalue weighted by Crippen LogP contribution is -1.91. The van der Waals surface area contributed by atoms with Gasteiger partial charge in [-0.05, 0) is 22.5 Å². The van der Waals surface area contributed by atoms with E-state index >= 15 is 0 Å². The second-order valence-corrected chi connectivity index (χ2v) is 6.12. The molecule has 0 spiro atoms. The van der Waals surface area contributed by atoms with E-state index in [0.717, 1.165) is 20.0 Å². The number of nitrogens with zero attached hydrogens (tertiary/aromatic N) is 3. The van der Waals surface area contributed by atoms with E-state index in [1.807, 2.05) is 24.3 Å². The van der Waals surface area contributed by atoms with Crippen molar-refractivity contribution in [3.05, 3.63) is 34.1 Å². The minimum absolute atomic E-state index is 0.453. The van der Waals surface area contributed by atoms with Crippen LogP contribution in [0, 0.1) is 0 Å². The van der Waals surface area contributed by atoms with E-state index in [-0.39, 0.29) is 0 Å². The molecular weight excluding hydrogens is 282 g/mol. The largest absolute Gasteiger partial charge is 0.218 e. The summed E-state index contributed by atoms with van der Waals surface area (Å²) >= 11 is 7.43. The van der Waals surface area contributed by atoms with Gasteiger partial charge in [0.1, 0.15) is 0 Å². The maximum Gasteiger partial charge on any atom is 0.211 e. The number of aromatic nitrogens is 2. The number of fused-ring (bicyclic) bond motifs is 1. The van der Waals surface area contributed by atoms with Crippen LogP contribution < -0.4 is 4.67 Å². The van der Waals surface area contributed by atoms with Crippen LogP contribution in [0.15, 0.2) is 29.3 Å². The zero-order chi connectivity index (χ0) is 11.0. The molecule has 0 saturated heterocycles. The van der Waals surface area contributed by atoms with Crippen molar-refractivity contribution >= 4 is 59.2 Å². The molecule has 16 heavy (non-hydrogen) atoms. The van der Waals surface area contributed by atoms with E-state index in [0.29, 0.717) is 5.15 Å². The lowest BCUT2D eigenvalue weighted by Gasteiger charge is -1.80. The highest BCUT2D eigenvalue weighted by Crippen LogP contribution is 2.27. The molecule has 0 amide bonds. The molecule has 0 fully saturated rings. The van der Waals surface area contributed by atoms with Gasteiger partial charge in [0.15, 0.2) is 9.82 Å². The van der Waals surface area contributed by atoms with Crippen LogP contribution in [-0.2, 0) is 0 Å². The van der Waals surface area contributed by atoms with Crippen LogP contribution in [0.5, 0.6) is 0 Å². The van der Waals surface area contributed by atoms with Crippen molar-refractivity contribution in [3.63, 3.8) is 0 Å². The fourth-order valence-corrected chi connectivity index (χ4v) is 4.09. The number of benzene rings is 1. The fourth-order valence-electron chi connectivity index (χ4n) is 1.22. The van der Waals surface area contributed by atoms with Gasteiger partial charge in [-0.25, -0.2) is 9.98 Å². The van der Waals surface area contributed by atoms with E-state index in [4.69, 9.17) is 11.6 Å². The second kappa shape index (κ2) is 4.21. The molecule has 3 nitrogen and oxygen atoms in total. The summed E-state index contributed by atoms with van der Waals surface area (Å²) in [6.45, 7) is 0. The summed E-state index contributed by atoms with van der Waals surface area (Å²) in [5, 5.41) is 1.17. The lowest BCUT2D eigenvalue weighted by molar-refractivity contribution is 1.33. The molecule has 0 atom stereocenters. The zero-order valence-electron chi connectivity index (χ0n) is 7.75. The highest BCUT2D eigenvalue weighted by Gasteiger charge is 2.03. The monoisotopic (exact) mass is 285 g/mol. The summed E-state index contributed by atoms with van der Waals surface area (Å²) in [6, 6.07) is 7.96. The van der Waals surface area contributed by atoms with Crippen molar-refractivity contribution in [1.29, 1.82) is 0 Å². The van der Waals surface area contributed by atoms with Crippen molar-refractivity contribution in [2.24, 2.45) is 4.99 Å². The molecule has 80 valence electrons. The number of rotatable bonds is 1. The van der Waals surface area contributed by atoms with Gasteiger partial charge in [0.05, 0.1) is 10.2 Å². The Morgan fingerprint density at radius 2 is 2.12 bits per heavy atom. The van der Waals surface area contributed by atoms with Gasteiger partial charge in [-0.2, -0.15) is 4.37 Å². The molecule has 3 aromatic rings. The standard InChI is InChI=1S/C9H4ClN3S3/c10-7-8(15-16-13-7)12-9-11-5-3-1-2-4-6(5)14-9/h1-4H/b12-8-. The van der Waals surface area contributed by atoms with Crippen LogP contribution in [0.4, 0.5) is 5.13 Å². The molecule has 0 N–H and O–H groups in total. The van der Waals surface area contributed by atoms with E-state index < -0.39 is 0 Å². The number of hydrogen-bond acceptors (Lipinski definition) is 6. The van der Waals surface area contributed by atoms with Gasteiger partial charge in [-0.3, -0.25) is 0 Å². The molecule has 0 radical (unpaired) electrons. The van der Waals surface area contributed by atoms with Crippen molar-refractivity contribution in [2.45, 2.75) is 0 Å². The fraction of sp³-hybridized carbons (Fsp3) is 0. The molecule has 2 heterocycles. The maximum atomic E-state index is 5.88. The maximum absolute atomic E-state index is 5.88. The minimum Gasteiger partial charge on any atom is -0.218 e.